The minimum absolute atomic E-state index is 0.341. The summed E-state index contributed by atoms with van der Waals surface area (Å²) in [6.07, 6.45) is 0. The second kappa shape index (κ2) is 6.45. The quantitative estimate of drug-likeness (QED) is 0.648. The maximum absolute atomic E-state index is 5.75. The highest BCUT2D eigenvalue weighted by atomic mass is 32.1. The maximum Gasteiger partial charge on any atom is 0.214 e. The fourth-order valence-corrected chi connectivity index (χ4v) is 1.95. The average molecular weight is 276 g/mol. The van der Waals surface area contributed by atoms with Crippen molar-refractivity contribution in [2.75, 3.05) is 19.8 Å². The van der Waals surface area contributed by atoms with E-state index in [0.717, 1.165) is 16.5 Å². The predicted molar refractivity (Wildman–Crippen MR) is 79.6 cm³/mol. The Morgan fingerprint density at radius 3 is 2.84 bits per heavy atom. The number of para-hydroxylation sites is 1. The van der Waals surface area contributed by atoms with Crippen LogP contribution in [0.15, 0.2) is 30.3 Å². The van der Waals surface area contributed by atoms with E-state index in [2.05, 4.69) is 4.98 Å². The summed E-state index contributed by atoms with van der Waals surface area (Å²) in [5, 5.41) is 0.937. The number of pyridine rings is 1. The van der Waals surface area contributed by atoms with Crippen molar-refractivity contribution in [1.29, 1.82) is 0 Å². The summed E-state index contributed by atoms with van der Waals surface area (Å²) in [6, 6.07) is 9.48. The summed E-state index contributed by atoms with van der Waals surface area (Å²) in [4.78, 5) is 4.76. The zero-order valence-corrected chi connectivity index (χ0v) is 11.6. The molecule has 0 fully saturated rings. The first-order valence-electron chi connectivity index (χ1n) is 6.12. The van der Waals surface area contributed by atoms with E-state index >= 15 is 0 Å². The SMILES string of the molecule is CCOCCOc1cc(C(N)=S)c2ccccc2n1. The number of rotatable bonds is 6. The van der Waals surface area contributed by atoms with Gasteiger partial charge in [-0.25, -0.2) is 4.98 Å². The lowest BCUT2D eigenvalue weighted by atomic mass is 10.1. The molecule has 0 aliphatic heterocycles. The monoisotopic (exact) mass is 276 g/mol. The molecule has 0 amide bonds. The van der Waals surface area contributed by atoms with Crippen LogP contribution < -0.4 is 10.5 Å². The summed E-state index contributed by atoms with van der Waals surface area (Å²) in [5.41, 5.74) is 7.35. The van der Waals surface area contributed by atoms with E-state index in [1.54, 1.807) is 6.07 Å². The summed E-state index contributed by atoms with van der Waals surface area (Å²) >= 11 is 5.07. The summed E-state index contributed by atoms with van der Waals surface area (Å²) < 4.78 is 10.8. The molecule has 0 unspecified atom stereocenters. The van der Waals surface area contributed by atoms with Crippen LogP contribution in [-0.2, 0) is 4.74 Å². The Labute approximate surface area is 117 Å². The van der Waals surface area contributed by atoms with Gasteiger partial charge in [0.05, 0.1) is 12.1 Å². The molecular weight excluding hydrogens is 260 g/mol. The molecule has 2 N–H and O–H groups in total. The van der Waals surface area contributed by atoms with Crippen LogP contribution in [0.3, 0.4) is 0 Å². The van der Waals surface area contributed by atoms with Crippen LogP contribution in [-0.4, -0.2) is 29.8 Å². The molecular formula is C14H16N2O2S. The Morgan fingerprint density at radius 2 is 2.11 bits per heavy atom. The van der Waals surface area contributed by atoms with E-state index in [4.69, 9.17) is 27.4 Å². The van der Waals surface area contributed by atoms with E-state index in [0.29, 0.717) is 30.7 Å². The molecule has 2 rings (SSSR count). The highest BCUT2D eigenvalue weighted by molar-refractivity contribution is 7.80. The fraction of sp³-hybridized carbons (Fsp3) is 0.286. The molecule has 0 radical (unpaired) electrons. The minimum Gasteiger partial charge on any atom is -0.475 e. The van der Waals surface area contributed by atoms with Gasteiger partial charge in [0, 0.05) is 23.6 Å². The molecule has 4 nitrogen and oxygen atoms in total. The van der Waals surface area contributed by atoms with Crippen molar-refractivity contribution in [2.45, 2.75) is 6.92 Å². The number of ether oxygens (including phenoxy) is 2. The van der Waals surface area contributed by atoms with Crippen molar-refractivity contribution in [3.8, 4) is 5.88 Å². The third-order valence-electron chi connectivity index (χ3n) is 2.64. The van der Waals surface area contributed by atoms with Crippen molar-refractivity contribution in [1.82, 2.24) is 4.98 Å². The number of hydrogen-bond donors (Lipinski definition) is 1. The van der Waals surface area contributed by atoms with Gasteiger partial charge in [0.15, 0.2) is 0 Å². The maximum atomic E-state index is 5.75. The number of benzene rings is 1. The minimum atomic E-state index is 0.341. The predicted octanol–water partition coefficient (Wildman–Crippen LogP) is 2.28. The molecule has 0 aliphatic carbocycles. The molecule has 0 atom stereocenters. The number of hydrogen-bond acceptors (Lipinski definition) is 4. The molecule has 0 bridgehead atoms. The van der Waals surface area contributed by atoms with E-state index in [-0.39, 0.29) is 0 Å². The largest absolute Gasteiger partial charge is 0.475 e. The van der Waals surface area contributed by atoms with Gasteiger partial charge in [-0.05, 0) is 13.0 Å². The van der Waals surface area contributed by atoms with Crippen LogP contribution in [0.1, 0.15) is 12.5 Å². The second-order valence-electron chi connectivity index (χ2n) is 3.93. The third kappa shape index (κ3) is 3.39. The van der Waals surface area contributed by atoms with Gasteiger partial charge in [-0.1, -0.05) is 30.4 Å². The molecule has 0 saturated heterocycles. The number of nitrogens with zero attached hydrogens (tertiary/aromatic N) is 1. The molecule has 0 saturated carbocycles. The lowest BCUT2D eigenvalue weighted by Gasteiger charge is -2.09. The standard InChI is InChI=1S/C14H16N2O2S/c1-2-17-7-8-18-13-9-11(14(15)19)10-5-3-4-6-12(10)16-13/h3-6,9H,2,7-8H2,1H3,(H2,15,19). The van der Waals surface area contributed by atoms with Crippen LogP contribution in [0.2, 0.25) is 0 Å². The normalized spacial score (nSPS) is 10.6. The smallest absolute Gasteiger partial charge is 0.214 e. The zero-order chi connectivity index (χ0) is 13.7. The Kier molecular flexibility index (Phi) is 4.65. The van der Waals surface area contributed by atoms with Gasteiger partial charge in [0.25, 0.3) is 0 Å². The molecule has 1 heterocycles. The van der Waals surface area contributed by atoms with Crippen LogP contribution >= 0.6 is 12.2 Å². The van der Waals surface area contributed by atoms with E-state index in [1.165, 1.54) is 0 Å². The van der Waals surface area contributed by atoms with Gasteiger partial charge in [-0.15, -0.1) is 0 Å². The summed E-state index contributed by atoms with van der Waals surface area (Å²) in [6.45, 7) is 3.61. The van der Waals surface area contributed by atoms with Crippen molar-refractivity contribution in [3.63, 3.8) is 0 Å². The Balaban J connectivity index is 2.27. The van der Waals surface area contributed by atoms with Crippen LogP contribution in [0.5, 0.6) is 5.88 Å². The van der Waals surface area contributed by atoms with Crippen LogP contribution in [0.25, 0.3) is 10.9 Å². The molecule has 5 heteroatoms. The van der Waals surface area contributed by atoms with Gasteiger partial charge < -0.3 is 15.2 Å². The third-order valence-corrected chi connectivity index (χ3v) is 2.86. The Morgan fingerprint density at radius 1 is 1.32 bits per heavy atom. The molecule has 100 valence electrons. The first-order chi connectivity index (χ1) is 9.22. The average Bonchev–Trinajstić information content (AvgIpc) is 2.42. The van der Waals surface area contributed by atoms with Crippen LogP contribution in [0.4, 0.5) is 0 Å². The fourth-order valence-electron chi connectivity index (χ4n) is 1.78. The lowest BCUT2D eigenvalue weighted by Crippen LogP contribution is -2.12. The highest BCUT2D eigenvalue weighted by Crippen LogP contribution is 2.21. The van der Waals surface area contributed by atoms with E-state index in [9.17, 15) is 0 Å². The van der Waals surface area contributed by atoms with Gasteiger partial charge in [-0.2, -0.15) is 0 Å². The van der Waals surface area contributed by atoms with Crippen molar-refractivity contribution < 1.29 is 9.47 Å². The van der Waals surface area contributed by atoms with Gasteiger partial charge in [0.1, 0.15) is 11.6 Å². The molecule has 0 aliphatic rings. The second-order valence-corrected chi connectivity index (χ2v) is 4.37. The molecule has 1 aromatic carbocycles. The Bertz CT molecular complexity index is 587. The van der Waals surface area contributed by atoms with E-state index in [1.807, 2.05) is 31.2 Å². The molecule has 19 heavy (non-hydrogen) atoms. The molecule has 0 spiro atoms. The zero-order valence-electron chi connectivity index (χ0n) is 10.8. The first kappa shape index (κ1) is 13.7. The first-order valence-corrected chi connectivity index (χ1v) is 6.53. The van der Waals surface area contributed by atoms with Gasteiger partial charge in [0.2, 0.25) is 5.88 Å². The number of aromatic nitrogens is 1. The highest BCUT2D eigenvalue weighted by Gasteiger charge is 2.08. The summed E-state index contributed by atoms with van der Waals surface area (Å²) in [7, 11) is 0. The molecule has 1 aromatic heterocycles. The molecule has 2 aromatic rings. The topological polar surface area (TPSA) is 57.4 Å². The van der Waals surface area contributed by atoms with E-state index < -0.39 is 0 Å². The van der Waals surface area contributed by atoms with Gasteiger partial charge in [-0.3, -0.25) is 0 Å². The number of fused-ring (bicyclic) bond motifs is 1. The van der Waals surface area contributed by atoms with Crippen molar-refractivity contribution >= 4 is 28.1 Å². The number of nitrogens with two attached hydrogens (primary N) is 1. The van der Waals surface area contributed by atoms with Crippen LogP contribution in [0, 0.1) is 0 Å². The van der Waals surface area contributed by atoms with Gasteiger partial charge >= 0.3 is 0 Å². The number of thiocarbonyl (C=S) groups is 1. The Hall–Kier alpha value is -1.72. The van der Waals surface area contributed by atoms with Crippen molar-refractivity contribution in [2.24, 2.45) is 5.73 Å². The summed E-state index contributed by atoms with van der Waals surface area (Å²) in [5.74, 6) is 0.515. The lowest BCUT2D eigenvalue weighted by molar-refractivity contribution is 0.108. The van der Waals surface area contributed by atoms with Crippen molar-refractivity contribution in [3.05, 3.63) is 35.9 Å².